The summed E-state index contributed by atoms with van der Waals surface area (Å²) in [6.45, 7) is 5.09. The standard InChI is InChI=1S/C17H21Cl3N6O.HI/c1-2-21-17(23-10-15-25-24-14-4-3-6-26(14)15)22-5-7-27-16-12(19)8-11(18)9-13(16)20;/h8-9H,2-7,10H2,1H3,(H2,21,22,23);1H. The Morgan fingerprint density at radius 3 is 2.68 bits per heavy atom. The van der Waals surface area contributed by atoms with Crippen LogP contribution in [0.3, 0.4) is 0 Å². The Labute approximate surface area is 196 Å². The minimum Gasteiger partial charge on any atom is -0.489 e. The van der Waals surface area contributed by atoms with Gasteiger partial charge < -0.3 is 19.9 Å². The predicted octanol–water partition coefficient (Wildman–Crippen LogP) is 3.94. The maximum atomic E-state index is 6.11. The van der Waals surface area contributed by atoms with E-state index in [1.54, 1.807) is 12.1 Å². The second-order valence-corrected chi connectivity index (χ2v) is 7.21. The molecule has 2 N–H and O–H groups in total. The predicted molar refractivity (Wildman–Crippen MR) is 124 cm³/mol. The summed E-state index contributed by atoms with van der Waals surface area (Å²) in [6.07, 6.45) is 2.11. The highest BCUT2D eigenvalue weighted by Crippen LogP contribution is 2.35. The zero-order valence-corrected chi connectivity index (χ0v) is 19.9. The second-order valence-electron chi connectivity index (χ2n) is 5.96. The number of hydrogen-bond donors (Lipinski definition) is 2. The lowest BCUT2D eigenvalue weighted by Crippen LogP contribution is -2.39. The summed E-state index contributed by atoms with van der Waals surface area (Å²) >= 11 is 18.1. The van der Waals surface area contributed by atoms with Gasteiger partial charge in [0.25, 0.3) is 0 Å². The van der Waals surface area contributed by atoms with Gasteiger partial charge >= 0.3 is 0 Å². The summed E-state index contributed by atoms with van der Waals surface area (Å²) in [4.78, 5) is 4.57. The van der Waals surface area contributed by atoms with E-state index >= 15 is 0 Å². The number of halogens is 4. The number of fused-ring (bicyclic) bond motifs is 1. The Balaban J connectivity index is 0.00000280. The summed E-state index contributed by atoms with van der Waals surface area (Å²) in [5.74, 6) is 3.04. The highest BCUT2D eigenvalue weighted by atomic mass is 127. The van der Waals surface area contributed by atoms with Crippen LogP contribution in [0.2, 0.25) is 15.1 Å². The Hall–Kier alpha value is -0.970. The van der Waals surface area contributed by atoms with Crippen LogP contribution >= 0.6 is 58.8 Å². The number of aromatic nitrogens is 3. The van der Waals surface area contributed by atoms with E-state index < -0.39 is 0 Å². The number of ether oxygens (including phenoxy) is 1. The third-order valence-corrected chi connectivity index (χ3v) is 4.79. The zero-order chi connectivity index (χ0) is 19.2. The Kier molecular flexibility index (Phi) is 9.39. The molecule has 1 aliphatic rings. The minimum atomic E-state index is 0. The molecule has 0 saturated carbocycles. The molecule has 0 bridgehead atoms. The van der Waals surface area contributed by atoms with E-state index in [1.807, 2.05) is 6.92 Å². The lowest BCUT2D eigenvalue weighted by Gasteiger charge is -2.13. The smallest absolute Gasteiger partial charge is 0.191 e. The quantitative estimate of drug-likeness (QED) is 0.233. The Morgan fingerprint density at radius 2 is 1.96 bits per heavy atom. The molecule has 2 heterocycles. The van der Waals surface area contributed by atoms with E-state index in [0.717, 1.165) is 37.6 Å². The molecule has 0 fully saturated rings. The van der Waals surface area contributed by atoms with E-state index in [0.29, 0.717) is 46.5 Å². The molecule has 0 aliphatic carbocycles. The first kappa shape index (κ1) is 23.3. The summed E-state index contributed by atoms with van der Waals surface area (Å²) < 4.78 is 7.81. The van der Waals surface area contributed by atoms with Crippen molar-refractivity contribution in [3.05, 3.63) is 38.8 Å². The van der Waals surface area contributed by atoms with Gasteiger partial charge in [-0.15, -0.1) is 34.2 Å². The maximum Gasteiger partial charge on any atom is 0.191 e. The number of hydrogen-bond acceptors (Lipinski definition) is 4. The van der Waals surface area contributed by atoms with Crippen LogP contribution in [-0.2, 0) is 19.5 Å². The summed E-state index contributed by atoms with van der Waals surface area (Å²) in [6, 6.07) is 3.20. The molecule has 2 aromatic rings. The molecule has 1 aromatic carbocycles. The average molecular weight is 560 g/mol. The molecule has 11 heteroatoms. The fourth-order valence-corrected chi connectivity index (χ4v) is 3.73. The van der Waals surface area contributed by atoms with Gasteiger partial charge in [-0.2, -0.15) is 0 Å². The molecule has 3 rings (SSSR count). The highest BCUT2D eigenvalue weighted by Gasteiger charge is 2.16. The van der Waals surface area contributed by atoms with Gasteiger partial charge in [-0.3, -0.25) is 0 Å². The van der Waals surface area contributed by atoms with Crippen LogP contribution in [0, 0.1) is 0 Å². The van der Waals surface area contributed by atoms with E-state index in [4.69, 9.17) is 39.5 Å². The zero-order valence-electron chi connectivity index (χ0n) is 15.3. The lowest BCUT2D eigenvalue weighted by atomic mass is 10.3. The first-order chi connectivity index (χ1) is 13.1. The van der Waals surface area contributed by atoms with Crippen molar-refractivity contribution in [2.75, 3.05) is 19.7 Å². The highest BCUT2D eigenvalue weighted by molar-refractivity contribution is 14.0. The monoisotopic (exact) mass is 558 g/mol. The largest absolute Gasteiger partial charge is 0.489 e. The van der Waals surface area contributed by atoms with Crippen molar-refractivity contribution < 1.29 is 4.74 Å². The molecule has 28 heavy (non-hydrogen) atoms. The molecule has 7 nitrogen and oxygen atoms in total. The number of nitrogens with zero attached hydrogens (tertiary/aromatic N) is 4. The number of nitrogens with one attached hydrogen (secondary N) is 2. The average Bonchev–Trinajstić information content (AvgIpc) is 3.22. The third-order valence-electron chi connectivity index (χ3n) is 4.01. The molecule has 1 aromatic heterocycles. The Bertz CT molecular complexity index is 806. The third kappa shape index (κ3) is 6.01. The van der Waals surface area contributed by atoms with E-state index in [2.05, 4.69) is 30.4 Å². The van der Waals surface area contributed by atoms with Gasteiger partial charge in [0.15, 0.2) is 17.5 Å². The fourth-order valence-electron chi connectivity index (χ4n) is 2.81. The van der Waals surface area contributed by atoms with Crippen molar-refractivity contribution in [1.29, 1.82) is 0 Å². The van der Waals surface area contributed by atoms with Gasteiger partial charge in [0, 0.05) is 24.5 Å². The van der Waals surface area contributed by atoms with Crippen LogP contribution in [0.5, 0.6) is 5.75 Å². The summed E-state index contributed by atoms with van der Waals surface area (Å²) in [5.41, 5.74) is 0. The Morgan fingerprint density at radius 1 is 1.21 bits per heavy atom. The molecule has 154 valence electrons. The van der Waals surface area contributed by atoms with Crippen LogP contribution in [0.4, 0.5) is 0 Å². The minimum absolute atomic E-state index is 0. The molecule has 0 saturated heterocycles. The van der Waals surface area contributed by atoms with Crippen molar-refractivity contribution in [3.8, 4) is 5.75 Å². The molecule has 0 amide bonds. The molecule has 0 atom stereocenters. The van der Waals surface area contributed by atoms with E-state index in [1.165, 1.54) is 0 Å². The molecular weight excluding hydrogens is 537 g/mol. The van der Waals surface area contributed by atoms with Crippen molar-refractivity contribution in [3.63, 3.8) is 0 Å². The van der Waals surface area contributed by atoms with E-state index in [-0.39, 0.29) is 24.0 Å². The van der Waals surface area contributed by atoms with Gasteiger partial charge in [-0.1, -0.05) is 34.8 Å². The van der Waals surface area contributed by atoms with Crippen LogP contribution in [-0.4, -0.2) is 40.4 Å². The number of aliphatic imine (C=N–C) groups is 1. The van der Waals surface area contributed by atoms with E-state index in [9.17, 15) is 0 Å². The molecule has 1 aliphatic heterocycles. The van der Waals surface area contributed by atoms with Gasteiger partial charge in [-0.25, -0.2) is 4.99 Å². The van der Waals surface area contributed by atoms with Crippen LogP contribution in [0.15, 0.2) is 17.1 Å². The first-order valence-electron chi connectivity index (χ1n) is 8.79. The lowest BCUT2D eigenvalue weighted by molar-refractivity contribution is 0.322. The maximum absolute atomic E-state index is 6.11. The van der Waals surface area contributed by atoms with Crippen LogP contribution in [0.25, 0.3) is 0 Å². The first-order valence-corrected chi connectivity index (χ1v) is 9.92. The molecule has 0 unspecified atom stereocenters. The van der Waals surface area contributed by atoms with Crippen LogP contribution in [0.1, 0.15) is 25.0 Å². The van der Waals surface area contributed by atoms with Gasteiger partial charge in [0.2, 0.25) is 0 Å². The molecule has 0 spiro atoms. The van der Waals surface area contributed by atoms with Gasteiger partial charge in [0.1, 0.15) is 19.0 Å². The number of rotatable bonds is 7. The van der Waals surface area contributed by atoms with Crippen molar-refractivity contribution in [2.24, 2.45) is 4.99 Å². The summed E-state index contributed by atoms with van der Waals surface area (Å²) in [7, 11) is 0. The summed E-state index contributed by atoms with van der Waals surface area (Å²) in [5, 5.41) is 16.1. The SMILES string of the molecule is CCNC(=NCc1nnc2n1CCC2)NCCOc1c(Cl)cc(Cl)cc1Cl.I. The van der Waals surface area contributed by atoms with Gasteiger partial charge in [0.05, 0.1) is 16.6 Å². The number of benzene rings is 1. The normalized spacial score (nSPS) is 13.1. The number of aryl methyl sites for hydroxylation is 1. The molecular formula is C17H22Cl3IN6O. The van der Waals surface area contributed by atoms with Crippen LogP contribution < -0.4 is 15.4 Å². The number of guanidine groups is 1. The fraction of sp³-hybridized carbons (Fsp3) is 0.471. The van der Waals surface area contributed by atoms with Crippen molar-refractivity contribution in [1.82, 2.24) is 25.4 Å². The van der Waals surface area contributed by atoms with Crippen molar-refractivity contribution in [2.45, 2.75) is 32.9 Å². The second kappa shape index (κ2) is 11.3. The topological polar surface area (TPSA) is 76.4 Å². The van der Waals surface area contributed by atoms with Gasteiger partial charge in [-0.05, 0) is 25.5 Å². The molecule has 0 radical (unpaired) electrons. The van der Waals surface area contributed by atoms with Crippen molar-refractivity contribution >= 4 is 64.7 Å².